The molecular weight excluding hydrogens is 156 g/mol. The quantitative estimate of drug-likeness (QED) is 0.501. The van der Waals surface area contributed by atoms with Gasteiger partial charge in [-0.1, -0.05) is 12.8 Å². The fourth-order valence-corrected chi connectivity index (χ4v) is 2.71. The van der Waals surface area contributed by atoms with E-state index in [4.69, 9.17) is 5.84 Å². The molecule has 0 heterocycles. The predicted molar refractivity (Wildman–Crippen MR) is 51.5 cm³/mol. The molecule has 1 unspecified atom stereocenters. The SMILES string of the molecule is CC(CSC1CCCC1)NN. The highest BCUT2D eigenvalue weighted by Gasteiger charge is 2.15. The zero-order valence-electron chi connectivity index (χ0n) is 7.18. The van der Waals surface area contributed by atoms with Crippen molar-refractivity contribution in [1.82, 2.24) is 5.43 Å². The Morgan fingerprint density at radius 2 is 2.18 bits per heavy atom. The lowest BCUT2D eigenvalue weighted by Crippen LogP contribution is -2.34. The number of hydrazine groups is 1. The molecule has 0 spiro atoms. The summed E-state index contributed by atoms with van der Waals surface area (Å²) >= 11 is 2.07. The van der Waals surface area contributed by atoms with Crippen LogP contribution in [0.3, 0.4) is 0 Å². The first kappa shape index (κ1) is 9.36. The van der Waals surface area contributed by atoms with Crippen molar-refractivity contribution >= 4 is 11.8 Å². The van der Waals surface area contributed by atoms with Gasteiger partial charge in [0.15, 0.2) is 0 Å². The van der Waals surface area contributed by atoms with E-state index in [1.165, 1.54) is 25.7 Å². The van der Waals surface area contributed by atoms with Gasteiger partial charge in [-0.15, -0.1) is 0 Å². The molecule has 0 radical (unpaired) electrons. The third kappa shape index (κ3) is 3.45. The first-order valence-corrected chi connectivity index (χ1v) is 5.45. The van der Waals surface area contributed by atoms with Crippen LogP contribution < -0.4 is 11.3 Å². The van der Waals surface area contributed by atoms with Crippen LogP contribution in [0.4, 0.5) is 0 Å². The average molecular weight is 174 g/mol. The highest BCUT2D eigenvalue weighted by atomic mass is 32.2. The number of nitrogens with two attached hydrogens (primary N) is 1. The van der Waals surface area contributed by atoms with Gasteiger partial charge in [0.1, 0.15) is 0 Å². The van der Waals surface area contributed by atoms with Gasteiger partial charge < -0.3 is 0 Å². The second kappa shape index (κ2) is 5.01. The van der Waals surface area contributed by atoms with Crippen LogP contribution in [0.1, 0.15) is 32.6 Å². The van der Waals surface area contributed by atoms with Gasteiger partial charge in [0.25, 0.3) is 0 Å². The largest absolute Gasteiger partial charge is 0.271 e. The minimum atomic E-state index is 0.459. The summed E-state index contributed by atoms with van der Waals surface area (Å²) in [4.78, 5) is 0. The molecule has 0 aliphatic heterocycles. The van der Waals surface area contributed by atoms with E-state index in [-0.39, 0.29) is 0 Å². The van der Waals surface area contributed by atoms with Crippen LogP contribution in [0.2, 0.25) is 0 Å². The third-order valence-electron chi connectivity index (χ3n) is 2.17. The molecule has 1 saturated carbocycles. The Hall–Kier alpha value is 0.270. The van der Waals surface area contributed by atoms with E-state index in [9.17, 15) is 0 Å². The molecule has 0 aromatic rings. The standard InChI is InChI=1S/C8H18N2S/c1-7(10-9)6-11-8-4-2-3-5-8/h7-8,10H,2-6,9H2,1H3. The first-order chi connectivity index (χ1) is 5.33. The molecule has 2 nitrogen and oxygen atoms in total. The van der Waals surface area contributed by atoms with Gasteiger partial charge in [-0.2, -0.15) is 11.8 Å². The van der Waals surface area contributed by atoms with Crippen molar-refractivity contribution in [3.05, 3.63) is 0 Å². The summed E-state index contributed by atoms with van der Waals surface area (Å²) in [6, 6.07) is 0.459. The minimum Gasteiger partial charge on any atom is -0.271 e. The van der Waals surface area contributed by atoms with E-state index in [1.54, 1.807) is 0 Å². The van der Waals surface area contributed by atoms with E-state index in [2.05, 4.69) is 24.1 Å². The normalized spacial score (nSPS) is 22.4. The highest BCUT2D eigenvalue weighted by Crippen LogP contribution is 2.29. The summed E-state index contributed by atoms with van der Waals surface area (Å²) in [6.07, 6.45) is 5.70. The van der Waals surface area contributed by atoms with E-state index in [0.717, 1.165) is 11.0 Å². The minimum absolute atomic E-state index is 0.459. The Labute approximate surface area is 73.3 Å². The van der Waals surface area contributed by atoms with Crippen LogP contribution in [0.25, 0.3) is 0 Å². The maximum absolute atomic E-state index is 5.29. The predicted octanol–water partition coefficient (Wildman–Crippen LogP) is 1.51. The second-order valence-electron chi connectivity index (χ2n) is 3.31. The van der Waals surface area contributed by atoms with Gasteiger partial charge in [-0.3, -0.25) is 11.3 Å². The molecule has 1 fully saturated rings. The number of thioether (sulfide) groups is 1. The molecule has 11 heavy (non-hydrogen) atoms. The molecule has 1 atom stereocenters. The smallest absolute Gasteiger partial charge is 0.0272 e. The lowest BCUT2D eigenvalue weighted by Gasteiger charge is -2.12. The van der Waals surface area contributed by atoms with Crippen molar-refractivity contribution in [1.29, 1.82) is 0 Å². The Kier molecular flexibility index (Phi) is 4.26. The van der Waals surface area contributed by atoms with Crippen molar-refractivity contribution in [2.24, 2.45) is 5.84 Å². The molecule has 0 saturated heterocycles. The molecule has 0 amide bonds. The van der Waals surface area contributed by atoms with E-state index in [0.29, 0.717) is 6.04 Å². The van der Waals surface area contributed by atoms with Gasteiger partial charge in [-0.05, 0) is 19.8 Å². The molecule has 3 N–H and O–H groups in total. The number of nitrogens with one attached hydrogen (secondary N) is 1. The van der Waals surface area contributed by atoms with E-state index >= 15 is 0 Å². The maximum atomic E-state index is 5.29. The fourth-order valence-electron chi connectivity index (χ4n) is 1.38. The topological polar surface area (TPSA) is 38.0 Å². The van der Waals surface area contributed by atoms with E-state index in [1.807, 2.05) is 0 Å². The maximum Gasteiger partial charge on any atom is 0.0272 e. The molecule has 3 heteroatoms. The molecule has 1 aliphatic rings. The zero-order valence-corrected chi connectivity index (χ0v) is 7.99. The van der Waals surface area contributed by atoms with Gasteiger partial charge >= 0.3 is 0 Å². The Balaban J connectivity index is 2.01. The van der Waals surface area contributed by atoms with Crippen LogP contribution in [0, 0.1) is 0 Å². The monoisotopic (exact) mass is 174 g/mol. The Morgan fingerprint density at radius 3 is 2.73 bits per heavy atom. The summed E-state index contributed by atoms with van der Waals surface area (Å²) in [5.41, 5.74) is 2.77. The number of rotatable bonds is 4. The fraction of sp³-hybridized carbons (Fsp3) is 1.00. The van der Waals surface area contributed by atoms with Crippen molar-refractivity contribution in [3.63, 3.8) is 0 Å². The molecule has 0 aromatic heterocycles. The van der Waals surface area contributed by atoms with Gasteiger partial charge in [-0.25, -0.2) is 0 Å². The van der Waals surface area contributed by atoms with E-state index < -0.39 is 0 Å². The van der Waals surface area contributed by atoms with Crippen molar-refractivity contribution in [3.8, 4) is 0 Å². The Bertz CT molecular complexity index is 102. The van der Waals surface area contributed by atoms with Crippen LogP contribution in [-0.4, -0.2) is 17.0 Å². The lowest BCUT2D eigenvalue weighted by molar-refractivity contribution is 0.624. The zero-order chi connectivity index (χ0) is 8.10. The number of hydrogen-bond acceptors (Lipinski definition) is 3. The molecule has 1 rings (SSSR count). The van der Waals surface area contributed by atoms with Gasteiger partial charge in [0.2, 0.25) is 0 Å². The molecule has 0 aromatic carbocycles. The molecule has 0 bridgehead atoms. The third-order valence-corrected chi connectivity index (χ3v) is 3.80. The first-order valence-electron chi connectivity index (χ1n) is 4.40. The summed E-state index contributed by atoms with van der Waals surface area (Å²) in [7, 11) is 0. The molecule has 1 aliphatic carbocycles. The van der Waals surface area contributed by atoms with Gasteiger partial charge in [0.05, 0.1) is 0 Å². The van der Waals surface area contributed by atoms with Crippen LogP contribution in [0.5, 0.6) is 0 Å². The molecule has 66 valence electrons. The van der Waals surface area contributed by atoms with Crippen molar-refractivity contribution in [2.75, 3.05) is 5.75 Å². The summed E-state index contributed by atoms with van der Waals surface area (Å²) in [5, 5.41) is 0.922. The van der Waals surface area contributed by atoms with Crippen molar-refractivity contribution in [2.45, 2.75) is 43.9 Å². The number of hydrogen-bond donors (Lipinski definition) is 2. The highest BCUT2D eigenvalue weighted by molar-refractivity contribution is 7.99. The van der Waals surface area contributed by atoms with Crippen molar-refractivity contribution < 1.29 is 0 Å². The van der Waals surface area contributed by atoms with Crippen LogP contribution in [0.15, 0.2) is 0 Å². The summed E-state index contributed by atoms with van der Waals surface area (Å²) in [6.45, 7) is 2.13. The Morgan fingerprint density at radius 1 is 1.55 bits per heavy atom. The second-order valence-corrected chi connectivity index (χ2v) is 4.64. The molecular formula is C8H18N2S. The summed E-state index contributed by atoms with van der Waals surface area (Å²) < 4.78 is 0. The average Bonchev–Trinajstić information content (AvgIpc) is 2.52. The van der Waals surface area contributed by atoms with Crippen LogP contribution in [-0.2, 0) is 0 Å². The lowest BCUT2D eigenvalue weighted by atomic mass is 10.4. The summed E-state index contributed by atoms with van der Waals surface area (Å²) in [5.74, 6) is 6.45. The van der Waals surface area contributed by atoms with Gasteiger partial charge in [0, 0.05) is 17.0 Å². The van der Waals surface area contributed by atoms with Crippen LogP contribution >= 0.6 is 11.8 Å².